The van der Waals surface area contributed by atoms with E-state index in [-0.39, 0.29) is 6.54 Å². The number of amides is 3. The molecule has 0 spiro atoms. The number of nitrogens with two attached hydrogens (primary N) is 1. The van der Waals surface area contributed by atoms with Crippen molar-refractivity contribution in [1.29, 1.82) is 0 Å². The van der Waals surface area contributed by atoms with Gasteiger partial charge in [-0.3, -0.25) is 10.1 Å². The third kappa shape index (κ3) is 4.22. The molecule has 0 radical (unpaired) electrons. The average molecular weight is 288 g/mol. The summed E-state index contributed by atoms with van der Waals surface area (Å²) in [4.78, 5) is 21.7. The van der Waals surface area contributed by atoms with Crippen LogP contribution in [0.25, 0.3) is 0 Å². The SMILES string of the molecule is COc1cc(OC)c(NCC(=O)NC(N)=O)cc1Cl. The minimum absolute atomic E-state index is 0.151. The number of anilines is 1. The van der Waals surface area contributed by atoms with Crippen LogP contribution >= 0.6 is 11.6 Å². The Morgan fingerprint density at radius 1 is 1.26 bits per heavy atom. The number of ether oxygens (including phenoxy) is 2. The van der Waals surface area contributed by atoms with Crippen LogP contribution in [-0.2, 0) is 4.79 Å². The third-order valence-electron chi connectivity index (χ3n) is 2.18. The van der Waals surface area contributed by atoms with E-state index in [1.165, 1.54) is 14.2 Å². The predicted molar refractivity (Wildman–Crippen MR) is 70.8 cm³/mol. The quantitative estimate of drug-likeness (QED) is 0.748. The summed E-state index contributed by atoms with van der Waals surface area (Å²) in [5.74, 6) is 0.334. The molecule has 0 fully saturated rings. The molecular formula is C11H14ClN3O4. The van der Waals surface area contributed by atoms with Crippen LogP contribution in [0.1, 0.15) is 0 Å². The predicted octanol–water partition coefficient (Wildman–Crippen LogP) is 0.964. The molecule has 4 N–H and O–H groups in total. The molecule has 0 bridgehead atoms. The van der Waals surface area contributed by atoms with Crippen LogP contribution in [0, 0.1) is 0 Å². The molecule has 1 aromatic rings. The van der Waals surface area contributed by atoms with Crippen molar-refractivity contribution in [3.63, 3.8) is 0 Å². The van der Waals surface area contributed by atoms with Gasteiger partial charge in [-0.1, -0.05) is 11.6 Å². The zero-order chi connectivity index (χ0) is 14.4. The van der Waals surface area contributed by atoms with Gasteiger partial charge in [-0.15, -0.1) is 0 Å². The van der Waals surface area contributed by atoms with Crippen LogP contribution in [0.3, 0.4) is 0 Å². The van der Waals surface area contributed by atoms with E-state index in [1.54, 1.807) is 12.1 Å². The molecule has 104 valence electrons. The summed E-state index contributed by atoms with van der Waals surface area (Å²) in [5, 5.41) is 5.07. The van der Waals surface area contributed by atoms with Gasteiger partial charge in [-0.05, 0) is 6.07 Å². The summed E-state index contributed by atoms with van der Waals surface area (Å²) in [7, 11) is 2.95. The van der Waals surface area contributed by atoms with Crippen LogP contribution in [-0.4, -0.2) is 32.7 Å². The Hall–Kier alpha value is -2.15. The van der Waals surface area contributed by atoms with Crippen molar-refractivity contribution in [1.82, 2.24) is 5.32 Å². The van der Waals surface area contributed by atoms with Crippen molar-refractivity contribution < 1.29 is 19.1 Å². The Labute approximate surface area is 115 Å². The van der Waals surface area contributed by atoms with Crippen molar-refractivity contribution in [3.05, 3.63) is 17.2 Å². The van der Waals surface area contributed by atoms with Gasteiger partial charge in [0, 0.05) is 6.07 Å². The zero-order valence-corrected chi connectivity index (χ0v) is 11.2. The van der Waals surface area contributed by atoms with E-state index in [4.69, 9.17) is 26.8 Å². The maximum atomic E-state index is 11.3. The number of benzene rings is 1. The zero-order valence-electron chi connectivity index (χ0n) is 10.5. The van der Waals surface area contributed by atoms with Gasteiger partial charge in [-0.25, -0.2) is 4.79 Å². The van der Waals surface area contributed by atoms with Gasteiger partial charge >= 0.3 is 6.03 Å². The molecule has 19 heavy (non-hydrogen) atoms. The minimum atomic E-state index is -0.911. The minimum Gasteiger partial charge on any atom is -0.495 e. The van der Waals surface area contributed by atoms with Crippen molar-refractivity contribution in [3.8, 4) is 11.5 Å². The van der Waals surface area contributed by atoms with Crippen LogP contribution in [0.4, 0.5) is 10.5 Å². The molecule has 1 aromatic carbocycles. The standard InChI is InChI=1S/C11H14ClN3O4/c1-18-8-4-9(19-2)7(3-6(8)12)14-5-10(16)15-11(13)17/h3-4,14H,5H2,1-2H3,(H3,13,15,16,17). The van der Waals surface area contributed by atoms with Gasteiger partial charge in [0.15, 0.2) is 0 Å². The van der Waals surface area contributed by atoms with E-state index in [0.717, 1.165) is 0 Å². The fourth-order valence-electron chi connectivity index (χ4n) is 1.36. The first kappa shape index (κ1) is 14.9. The van der Waals surface area contributed by atoms with E-state index < -0.39 is 11.9 Å². The highest BCUT2D eigenvalue weighted by Gasteiger charge is 2.11. The summed E-state index contributed by atoms with van der Waals surface area (Å²) in [5.41, 5.74) is 5.31. The van der Waals surface area contributed by atoms with Gasteiger partial charge in [0.2, 0.25) is 5.91 Å². The highest BCUT2D eigenvalue weighted by molar-refractivity contribution is 6.32. The number of carbonyl (C=O) groups excluding carboxylic acids is 2. The summed E-state index contributed by atoms with van der Waals surface area (Å²) >= 11 is 5.96. The molecule has 0 aliphatic carbocycles. The van der Waals surface area contributed by atoms with Crippen LogP contribution in [0.5, 0.6) is 11.5 Å². The van der Waals surface area contributed by atoms with Gasteiger partial charge in [0.25, 0.3) is 0 Å². The molecule has 0 saturated carbocycles. The lowest BCUT2D eigenvalue weighted by Gasteiger charge is -2.13. The second-order valence-corrected chi connectivity index (χ2v) is 3.86. The number of hydrogen-bond donors (Lipinski definition) is 3. The number of methoxy groups -OCH3 is 2. The van der Waals surface area contributed by atoms with E-state index in [0.29, 0.717) is 22.2 Å². The number of rotatable bonds is 5. The Bertz CT molecular complexity index is 493. The number of urea groups is 1. The van der Waals surface area contributed by atoms with E-state index >= 15 is 0 Å². The molecule has 8 heteroatoms. The average Bonchev–Trinajstić information content (AvgIpc) is 2.35. The maximum Gasteiger partial charge on any atom is 0.318 e. The van der Waals surface area contributed by atoms with Crippen LogP contribution < -0.4 is 25.8 Å². The molecule has 0 aliphatic rings. The number of carbonyl (C=O) groups is 2. The molecular weight excluding hydrogens is 274 g/mol. The fraction of sp³-hybridized carbons (Fsp3) is 0.273. The van der Waals surface area contributed by atoms with E-state index in [1.807, 2.05) is 5.32 Å². The first-order chi connectivity index (χ1) is 8.97. The number of primary amides is 1. The third-order valence-corrected chi connectivity index (χ3v) is 2.47. The lowest BCUT2D eigenvalue weighted by molar-refractivity contribution is -0.118. The first-order valence-electron chi connectivity index (χ1n) is 5.22. The van der Waals surface area contributed by atoms with Crippen molar-refractivity contribution >= 4 is 29.2 Å². The lowest BCUT2D eigenvalue weighted by atomic mass is 10.2. The monoisotopic (exact) mass is 287 g/mol. The summed E-state index contributed by atoms with van der Waals surface area (Å²) in [6.07, 6.45) is 0. The van der Waals surface area contributed by atoms with Crippen molar-refractivity contribution in [2.75, 3.05) is 26.1 Å². The molecule has 0 heterocycles. The fourth-order valence-corrected chi connectivity index (χ4v) is 1.60. The number of halogens is 1. The number of hydrogen-bond acceptors (Lipinski definition) is 5. The molecule has 0 aromatic heterocycles. The summed E-state index contributed by atoms with van der Waals surface area (Å²) < 4.78 is 10.2. The smallest absolute Gasteiger partial charge is 0.318 e. The molecule has 0 aliphatic heterocycles. The lowest BCUT2D eigenvalue weighted by Crippen LogP contribution is -2.38. The largest absolute Gasteiger partial charge is 0.495 e. The van der Waals surface area contributed by atoms with Crippen LogP contribution in [0.2, 0.25) is 5.02 Å². The number of nitrogens with one attached hydrogen (secondary N) is 2. The second-order valence-electron chi connectivity index (χ2n) is 3.45. The highest BCUT2D eigenvalue weighted by atomic mass is 35.5. The van der Waals surface area contributed by atoms with E-state index in [2.05, 4.69) is 5.32 Å². The Kier molecular flexibility index (Phi) is 5.25. The molecule has 1 rings (SSSR count). The Morgan fingerprint density at radius 2 is 1.89 bits per heavy atom. The molecule has 0 unspecified atom stereocenters. The van der Waals surface area contributed by atoms with Crippen molar-refractivity contribution in [2.45, 2.75) is 0 Å². The topological polar surface area (TPSA) is 103 Å². The Morgan fingerprint density at radius 3 is 2.42 bits per heavy atom. The maximum absolute atomic E-state index is 11.3. The van der Waals surface area contributed by atoms with Gasteiger partial charge < -0.3 is 20.5 Å². The Balaban J connectivity index is 2.80. The summed E-state index contributed by atoms with van der Waals surface area (Å²) in [6.45, 7) is -0.151. The van der Waals surface area contributed by atoms with Gasteiger partial charge in [0.1, 0.15) is 11.5 Å². The first-order valence-corrected chi connectivity index (χ1v) is 5.60. The normalized spacial score (nSPS) is 9.63. The van der Waals surface area contributed by atoms with Gasteiger partial charge in [0.05, 0.1) is 31.5 Å². The molecule has 0 saturated heterocycles. The highest BCUT2D eigenvalue weighted by Crippen LogP contribution is 2.35. The molecule has 0 atom stereocenters. The molecule has 7 nitrogen and oxygen atoms in total. The summed E-state index contributed by atoms with van der Waals surface area (Å²) in [6, 6.07) is 2.22. The molecule has 3 amide bonds. The second kappa shape index (κ2) is 6.69. The van der Waals surface area contributed by atoms with Crippen LogP contribution in [0.15, 0.2) is 12.1 Å². The number of imide groups is 1. The van der Waals surface area contributed by atoms with E-state index in [9.17, 15) is 9.59 Å². The van der Waals surface area contributed by atoms with Crippen molar-refractivity contribution in [2.24, 2.45) is 5.73 Å². The van der Waals surface area contributed by atoms with Gasteiger partial charge in [-0.2, -0.15) is 0 Å².